The predicted octanol–water partition coefficient (Wildman–Crippen LogP) is 20.5. The lowest BCUT2D eigenvalue weighted by molar-refractivity contribution is -0.167. The standard InChI is InChI=1S/C65H114O6/c1-4-7-10-13-16-19-22-25-28-30-31-32-33-35-38-40-43-46-49-52-55-58-64(67)70-61-62(71-65(68)59-56-53-50-47-44-41-36-27-24-21-18-15-12-9-6-3)60-69-63(66)57-54-51-48-45-42-39-37-34-29-26-23-20-17-14-11-8-5-2/h8,11,17,20-21,24,26,29,37,39,45,48,62H,4-7,9-10,12-16,18-19,22-23,25,27-28,30-36,38,40-44,46-47,49-61H2,1-3H3/b11-8-,20-17-,24-21-,29-26-,39-37-,48-45-/t62-/m1/s1. The van der Waals surface area contributed by atoms with Crippen LogP contribution in [0, 0.1) is 0 Å². The van der Waals surface area contributed by atoms with E-state index in [4.69, 9.17) is 14.2 Å². The maximum atomic E-state index is 12.9. The Labute approximate surface area is 440 Å². The molecule has 0 spiro atoms. The van der Waals surface area contributed by atoms with E-state index in [1.54, 1.807) is 0 Å². The van der Waals surface area contributed by atoms with Gasteiger partial charge in [0.25, 0.3) is 0 Å². The number of allylic oxidation sites excluding steroid dienone is 12. The summed E-state index contributed by atoms with van der Waals surface area (Å²) < 4.78 is 16.9. The van der Waals surface area contributed by atoms with Crippen LogP contribution in [-0.2, 0) is 28.6 Å². The second kappa shape index (κ2) is 59.4. The Morgan fingerprint density at radius 2 is 0.563 bits per heavy atom. The van der Waals surface area contributed by atoms with Crippen LogP contribution < -0.4 is 0 Å². The molecular weight excluding hydrogens is 877 g/mol. The van der Waals surface area contributed by atoms with Gasteiger partial charge in [-0.2, -0.15) is 0 Å². The van der Waals surface area contributed by atoms with E-state index in [1.807, 2.05) is 0 Å². The fourth-order valence-electron chi connectivity index (χ4n) is 8.65. The molecule has 0 saturated carbocycles. The van der Waals surface area contributed by atoms with Crippen molar-refractivity contribution in [1.29, 1.82) is 0 Å². The zero-order valence-electron chi connectivity index (χ0n) is 47.0. The van der Waals surface area contributed by atoms with Crippen LogP contribution in [0.3, 0.4) is 0 Å². The van der Waals surface area contributed by atoms with E-state index in [2.05, 4.69) is 93.7 Å². The molecule has 1 atom stereocenters. The Bertz CT molecular complexity index is 1320. The first-order chi connectivity index (χ1) is 35.0. The third kappa shape index (κ3) is 57.6. The third-order valence-electron chi connectivity index (χ3n) is 13.2. The van der Waals surface area contributed by atoms with Crippen LogP contribution in [0.2, 0.25) is 0 Å². The van der Waals surface area contributed by atoms with Crippen LogP contribution in [0.5, 0.6) is 0 Å². The van der Waals surface area contributed by atoms with Gasteiger partial charge >= 0.3 is 17.9 Å². The molecule has 0 aromatic rings. The first-order valence-corrected chi connectivity index (χ1v) is 30.4. The molecule has 0 rings (SSSR count). The zero-order chi connectivity index (χ0) is 51.4. The average molecular weight is 992 g/mol. The van der Waals surface area contributed by atoms with Gasteiger partial charge in [0.2, 0.25) is 0 Å². The van der Waals surface area contributed by atoms with E-state index < -0.39 is 6.10 Å². The van der Waals surface area contributed by atoms with Crippen LogP contribution >= 0.6 is 0 Å². The normalized spacial score (nSPS) is 12.5. The van der Waals surface area contributed by atoms with Crippen LogP contribution in [0.1, 0.15) is 303 Å². The first kappa shape index (κ1) is 67.8. The van der Waals surface area contributed by atoms with Crippen LogP contribution in [-0.4, -0.2) is 37.2 Å². The van der Waals surface area contributed by atoms with Gasteiger partial charge in [-0.3, -0.25) is 14.4 Å². The Kier molecular flexibility index (Phi) is 56.8. The number of hydrogen-bond acceptors (Lipinski definition) is 6. The van der Waals surface area contributed by atoms with Gasteiger partial charge in [-0.25, -0.2) is 0 Å². The molecule has 0 aliphatic carbocycles. The van der Waals surface area contributed by atoms with Crippen LogP contribution in [0.4, 0.5) is 0 Å². The molecule has 6 heteroatoms. The molecule has 6 nitrogen and oxygen atoms in total. The summed E-state index contributed by atoms with van der Waals surface area (Å²) in [6.07, 6.45) is 76.2. The van der Waals surface area contributed by atoms with Crippen molar-refractivity contribution >= 4 is 17.9 Å². The molecule has 0 aliphatic rings. The second-order valence-corrected chi connectivity index (χ2v) is 20.2. The molecule has 0 saturated heterocycles. The molecule has 0 aromatic heterocycles. The summed E-state index contributed by atoms with van der Waals surface area (Å²) in [4.78, 5) is 38.2. The summed E-state index contributed by atoms with van der Waals surface area (Å²) in [5.74, 6) is -0.945. The van der Waals surface area contributed by atoms with Crippen molar-refractivity contribution in [1.82, 2.24) is 0 Å². The topological polar surface area (TPSA) is 78.9 Å². The molecule has 0 fully saturated rings. The Balaban J connectivity index is 4.39. The number of unbranched alkanes of at least 4 members (excludes halogenated alkanes) is 32. The third-order valence-corrected chi connectivity index (χ3v) is 13.2. The quantitative estimate of drug-likeness (QED) is 0.0261. The Morgan fingerprint density at radius 3 is 0.944 bits per heavy atom. The number of hydrogen-bond donors (Lipinski definition) is 0. The van der Waals surface area contributed by atoms with Crippen LogP contribution in [0.15, 0.2) is 72.9 Å². The maximum Gasteiger partial charge on any atom is 0.306 e. The van der Waals surface area contributed by atoms with E-state index in [0.717, 1.165) is 77.0 Å². The van der Waals surface area contributed by atoms with Gasteiger partial charge in [0.05, 0.1) is 0 Å². The van der Waals surface area contributed by atoms with Crippen molar-refractivity contribution in [3.63, 3.8) is 0 Å². The van der Waals surface area contributed by atoms with Crippen molar-refractivity contribution in [3.05, 3.63) is 72.9 Å². The van der Waals surface area contributed by atoms with Crippen molar-refractivity contribution in [2.75, 3.05) is 13.2 Å². The first-order valence-electron chi connectivity index (χ1n) is 30.4. The monoisotopic (exact) mass is 991 g/mol. The van der Waals surface area contributed by atoms with Gasteiger partial charge in [0.1, 0.15) is 13.2 Å². The largest absolute Gasteiger partial charge is 0.462 e. The molecule has 0 heterocycles. The lowest BCUT2D eigenvalue weighted by atomic mass is 10.0. The maximum absolute atomic E-state index is 12.9. The van der Waals surface area contributed by atoms with E-state index in [-0.39, 0.29) is 37.5 Å². The summed E-state index contributed by atoms with van der Waals surface area (Å²) in [5, 5.41) is 0. The molecule has 0 bridgehead atoms. The Hall–Kier alpha value is -3.15. The van der Waals surface area contributed by atoms with Gasteiger partial charge in [0.15, 0.2) is 6.10 Å². The lowest BCUT2D eigenvalue weighted by Crippen LogP contribution is -2.30. The SMILES string of the molecule is CC/C=C\C/C=C\C/C=C\C/C=C\C/C=C\CCCC(=O)OC[C@H](COC(=O)CCCCCCCCCCCCCCCCCCCCCCC)OC(=O)CCCCCCCCC/C=C\CCCCCC. The highest BCUT2D eigenvalue weighted by Crippen LogP contribution is 2.17. The fourth-order valence-corrected chi connectivity index (χ4v) is 8.65. The lowest BCUT2D eigenvalue weighted by Gasteiger charge is -2.18. The zero-order valence-corrected chi connectivity index (χ0v) is 47.0. The summed E-state index contributed by atoms with van der Waals surface area (Å²) >= 11 is 0. The van der Waals surface area contributed by atoms with Gasteiger partial charge in [-0.15, -0.1) is 0 Å². The van der Waals surface area contributed by atoms with E-state index >= 15 is 0 Å². The Morgan fingerprint density at radius 1 is 0.296 bits per heavy atom. The fraction of sp³-hybridized carbons (Fsp3) is 0.769. The second-order valence-electron chi connectivity index (χ2n) is 20.2. The summed E-state index contributed by atoms with van der Waals surface area (Å²) in [6.45, 7) is 6.50. The molecule has 71 heavy (non-hydrogen) atoms. The average Bonchev–Trinajstić information content (AvgIpc) is 3.37. The molecule has 0 N–H and O–H groups in total. The van der Waals surface area contributed by atoms with Crippen molar-refractivity contribution < 1.29 is 28.6 Å². The molecule has 0 radical (unpaired) electrons. The molecule has 0 aliphatic heterocycles. The highest BCUT2D eigenvalue weighted by atomic mass is 16.6. The smallest absolute Gasteiger partial charge is 0.306 e. The van der Waals surface area contributed by atoms with Gasteiger partial charge < -0.3 is 14.2 Å². The van der Waals surface area contributed by atoms with Gasteiger partial charge in [-0.05, 0) is 83.5 Å². The van der Waals surface area contributed by atoms with E-state index in [1.165, 1.54) is 180 Å². The minimum Gasteiger partial charge on any atom is -0.462 e. The number of rotatable bonds is 55. The van der Waals surface area contributed by atoms with Crippen molar-refractivity contribution in [3.8, 4) is 0 Å². The molecule has 0 amide bonds. The molecule has 0 unspecified atom stereocenters. The number of carbonyl (C=O) groups is 3. The number of carbonyl (C=O) groups excluding carboxylic acids is 3. The van der Waals surface area contributed by atoms with Crippen molar-refractivity contribution in [2.24, 2.45) is 0 Å². The number of esters is 3. The molecule has 0 aromatic carbocycles. The minimum absolute atomic E-state index is 0.0921. The molecular formula is C65H114O6. The van der Waals surface area contributed by atoms with Crippen molar-refractivity contribution in [2.45, 2.75) is 309 Å². The highest BCUT2D eigenvalue weighted by Gasteiger charge is 2.19. The summed E-state index contributed by atoms with van der Waals surface area (Å²) in [7, 11) is 0. The van der Waals surface area contributed by atoms with Gasteiger partial charge in [-0.1, -0.05) is 273 Å². The van der Waals surface area contributed by atoms with Gasteiger partial charge in [0, 0.05) is 19.3 Å². The predicted molar refractivity (Wildman–Crippen MR) is 307 cm³/mol. The summed E-state index contributed by atoms with van der Waals surface area (Å²) in [5.41, 5.74) is 0. The summed E-state index contributed by atoms with van der Waals surface area (Å²) in [6, 6.07) is 0. The van der Waals surface area contributed by atoms with E-state index in [0.29, 0.717) is 19.3 Å². The highest BCUT2D eigenvalue weighted by molar-refractivity contribution is 5.71. The van der Waals surface area contributed by atoms with E-state index in [9.17, 15) is 14.4 Å². The molecule has 410 valence electrons. The minimum atomic E-state index is -0.800. The van der Waals surface area contributed by atoms with Crippen LogP contribution in [0.25, 0.3) is 0 Å². The number of ether oxygens (including phenoxy) is 3.